The Morgan fingerprint density at radius 3 is 2.92 bits per heavy atom. The topological polar surface area (TPSA) is 88.0 Å². The molecule has 2 amide bonds. The van der Waals surface area contributed by atoms with Crippen molar-refractivity contribution in [1.82, 2.24) is 15.1 Å². The molecule has 1 aromatic heterocycles. The van der Waals surface area contributed by atoms with E-state index in [1.54, 1.807) is 10.9 Å². The molecule has 8 heteroatoms. The predicted octanol–water partition coefficient (Wildman–Crippen LogP) is 1.64. The SMILES string of the molecule is O=C1CSc2ccc(NC(=O)C3(n4cccn4)CCNCC3)cc2N1. The van der Waals surface area contributed by atoms with E-state index in [-0.39, 0.29) is 11.8 Å². The number of amides is 2. The first-order valence-electron chi connectivity index (χ1n) is 8.26. The van der Waals surface area contributed by atoms with E-state index in [1.165, 1.54) is 11.8 Å². The van der Waals surface area contributed by atoms with Crippen LogP contribution in [0.4, 0.5) is 11.4 Å². The smallest absolute Gasteiger partial charge is 0.252 e. The Hall–Kier alpha value is -2.32. The van der Waals surface area contributed by atoms with Crippen LogP contribution in [0.15, 0.2) is 41.6 Å². The fourth-order valence-electron chi connectivity index (χ4n) is 3.33. The van der Waals surface area contributed by atoms with Crippen LogP contribution in [0.3, 0.4) is 0 Å². The highest BCUT2D eigenvalue weighted by atomic mass is 32.2. The van der Waals surface area contributed by atoms with Gasteiger partial charge in [-0.05, 0) is 50.2 Å². The van der Waals surface area contributed by atoms with E-state index >= 15 is 0 Å². The molecule has 0 unspecified atom stereocenters. The molecule has 2 aromatic rings. The average Bonchev–Trinajstić information content (AvgIpc) is 3.17. The minimum atomic E-state index is -0.692. The number of carbonyl (C=O) groups excluding carboxylic acids is 2. The molecule has 0 spiro atoms. The number of anilines is 2. The van der Waals surface area contributed by atoms with Gasteiger partial charge in [0.1, 0.15) is 5.54 Å². The van der Waals surface area contributed by atoms with Crippen molar-refractivity contribution in [2.24, 2.45) is 0 Å². The van der Waals surface area contributed by atoms with Crippen LogP contribution in [0.25, 0.3) is 0 Å². The van der Waals surface area contributed by atoms with Crippen molar-refractivity contribution in [2.45, 2.75) is 23.3 Å². The molecule has 3 heterocycles. The minimum Gasteiger partial charge on any atom is -0.324 e. The summed E-state index contributed by atoms with van der Waals surface area (Å²) in [6.07, 6.45) is 4.90. The van der Waals surface area contributed by atoms with Crippen LogP contribution in [-0.2, 0) is 15.1 Å². The Bertz CT molecular complexity index is 799. The fourth-order valence-corrected chi connectivity index (χ4v) is 4.12. The molecule has 7 nitrogen and oxygen atoms in total. The molecule has 3 N–H and O–H groups in total. The third-order valence-corrected chi connectivity index (χ3v) is 5.74. The fraction of sp³-hybridized carbons (Fsp3) is 0.353. The molecule has 0 bridgehead atoms. The second-order valence-corrected chi connectivity index (χ2v) is 7.25. The van der Waals surface area contributed by atoms with Gasteiger partial charge in [-0.2, -0.15) is 5.10 Å². The molecule has 1 saturated heterocycles. The Labute approximate surface area is 149 Å². The van der Waals surface area contributed by atoms with Gasteiger partial charge in [0.2, 0.25) is 5.91 Å². The highest BCUT2D eigenvalue weighted by molar-refractivity contribution is 8.00. The third kappa shape index (κ3) is 3.03. The van der Waals surface area contributed by atoms with Gasteiger partial charge in [0.25, 0.3) is 5.91 Å². The summed E-state index contributed by atoms with van der Waals surface area (Å²) >= 11 is 1.50. The maximum absolute atomic E-state index is 13.1. The van der Waals surface area contributed by atoms with E-state index < -0.39 is 5.54 Å². The number of nitrogens with one attached hydrogen (secondary N) is 3. The lowest BCUT2D eigenvalue weighted by atomic mass is 9.87. The van der Waals surface area contributed by atoms with Gasteiger partial charge in [0, 0.05) is 23.0 Å². The number of benzene rings is 1. The van der Waals surface area contributed by atoms with Gasteiger partial charge < -0.3 is 16.0 Å². The van der Waals surface area contributed by atoms with Gasteiger partial charge in [0.15, 0.2) is 0 Å². The number of fused-ring (bicyclic) bond motifs is 1. The van der Waals surface area contributed by atoms with E-state index in [0.29, 0.717) is 24.3 Å². The number of aromatic nitrogens is 2. The van der Waals surface area contributed by atoms with Crippen LogP contribution < -0.4 is 16.0 Å². The summed E-state index contributed by atoms with van der Waals surface area (Å²) in [5.41, 5.74) is 0.733. The molecule has 1 fully saturated rings. The van der Waals surface area contributed by atoms with Gasteiger partial charge in [-0.1, -0.05) is 0 Å². The number of hydrogen-bond acceptors (Lipinski definition) is 5. The zero-order chi connectivity index (χ0) is 17.3. The van der Waals surface area contributed by atoms with E-state index in [4.69, 9.17) is 0 Å². The third-order valence-electron chi connectivity index (χ3n) is 4.67. The van der Waals surface area contributed by atoms with E-state index in [0.717, 1.165) is 23.7 Å². The number of thioether (sulfide) groups is 1. The molecule has 130 valence electrons. The molecule has 0 radical (unpaired) electrons. The molecule has 1 aromatic carbocycles. The second-order valence-electron chi connectivity index (χ2n) is 6.23. The summed E-state index contributed by atoms with van der Waals surface area (Å²) in [5, 5.41) is 13.5. The second kappa shape index (κ2) is 6.53. The van der Waals surface area contributed by atoms with Crippen LogP contribution in [0.5, 0.6) is 0 Å². The quantitative estimate of drug-likeness (QED) is 0.777. The Balaban J connectivity index is 1.60. The predicted molar refractivity (Wildman–Crippen MR) is 96.7 cm³/mol. The van der Waals surface area contributed by atoms with Crippen molar-refractivity contribution < 1.29 is 9.59 Å². The molecule has 2 aliphatic heterocycles. The van der Waals surface area contributed by atoms with Gasteiger partial charge >= 0.3 is 0 Å². The first-order valence-corrected chi connectivity index (χ1v) is 9.25. The standard InChI is InChI=1S/C17H19N5O2S/c23-15-11-25-14-3-2-12(10-13(14)21-15)20-16(24)17(4-7-18-8-5-17)22-9-1-6-19-22/h1-3,6,9-10,18H,4-5,7-8,11H2,(H,20,24)(H,21,23). The molecule has 2 aliphatic rings. The van der Waals surface area contributed by atoms with Crippen molar-refractivity contribution >= 4 is 35.0 Å². The van der Waals surface area contributed by atoms with Gasteiger partial charge in [-0.15, -0.1) is 11.8 Å². The molecule has 0 atom stereocenters. The number of rotatable bonds is 3. The summed E-state index contributed by atoms with van der Waals surface area (Å²) in [4.78, 5) is 25.7. The van der Waals surface area contributed by atoms with Crippen LogP contribution >= 0.6 is 11.8 Å². The summed E-state index contributed by atoms with van der Waals surface area (Å²) in [7, 11) is 0. The molecule has 0 aliphatic carbocycles. The first kappa shape index (κ1) is 16.2. The van der Waals surface area contributed by atoms with Crippen LogP contribution in [-0.4, -0.2) is 40.4 Å². The molecule has 25 heavy (non-hydrogen) atoms. The number of hydrogen-bond donors (Lipinski definition) is 3. The Kier molecular flexibility index (Phi) is 4.22. The van der Waals surface area contributed by atoms with E-state index in [2.05, 4.69) is 21.0 Å². The van der Waals surface area contributed by atoms with E-state index in [9.17, 15) is 9.59 Å². The van der Waals surface area contributed by atoms with Crippen molar-refractivity contribution in [3.63, 3.8) is 0 Å². The number of piperidine rings is 1. The maximum Gasteiger partial charge on any atom is 0.252 e. The van der Waals surface area contributed by atoms with E-state index in [1.807, 2.05) is 30.5 Å². The lowest BCUT2D eigenvalue weighted by molar-refractivity contribution is -0.126. The van der Waals surface area contributed by atoms with Gasteiger partial charge in [-0.25, -0.2) is 0 Å². The van der Waals surface area contributed by atoms with Crippen molar-refractivity contribution in [1.29, 1.82) is 0 Å². The van der Waals surface area contributed by atoms with Crippen LogP contribution in [0.2, 0.25) is 0 Å². The molecule has 4 rings (SSSR count). The monoisotopic (exact) mass is 357 g/mol. The molecule has 0 saturated carbocycles. The van der Waals surface area contributed by atoms with Crippen LogP contribution in [0.1, 0.15) is 12.8 Å². The molecular weight excluding hydrogens is 338 g/mol. The van der Waals surface area contributed by atoms with Crippen molar-refractivity contribution in [2.75, 3.05) is 29.5 Å². The average molecular weight is 357 g/mol. The summed E-state index contributed by atoms with van der Waals surface area (Å²) in [6.45, 7) is 1.54. The zero-order valence-electron chi connectivity index (χ0n) is 13.6. The van der Waals surface area contributed by atoms with Crippen molar-refractivity contribution in [3.8, 4) is 0 Å². The van der Waals surface area contributed by atoms with Gasteiger partial charge in [0.05, 0.1) is 11.4 Å². The number of nitrogens with zero attached hydrogens (tertiary/aromatic N) is 2. The first-order chi connectivity index (χ1) is 12.2. The number of carbonyl (C=O) groups is 2. The lowest BCUT2D eigenvalue weighted by Crippen LogP contribution is -2.52. The highest BCUT2D eigenvalue weighted by Gasteiger charge is 2.42. The summed E-state index contributed by atoms with van der Waals surface area (Å²) in [5.74, 6) is 0.327. The largest absolute Gasteiger partial charge is 0.324 e. The normalized spacial score (nSPS) is 19.0. The molecular formula is C17H19N5O2S. The minimum absolute atomic E-state index is 0.0210. The van der Waals surface area contributed by atoms with Crippen LogP contribution in [0, 0.1) is 0 Å². The van der Waals surface area contributed by atoms with Crippen molar-refractivity contribution in [3.05, 3.63) is 36.7 Å². The Morgan fingerprint density at radius 2 is 2.16 bits per heavy atom. The maximum atomic E-state index is 13.1. The lowest BCUT2D eigenvalue weighted by Gasteiger charge is -2.36. The zero-order valence-corrected chi connectivity index (χ0v) is 14.4. The highest BCUT2D eigenvalue weighted by Crippen LogP contribution is 2.34. The summed E-state index contributed by atoms with van der Waals surface area (Å²) in [6, 6.07) is 7.45. The Morgan fingerprint density at radius 1 is 1.32 bits per heavy atom. The summed E-state index contributed by atoms with van der Waals surface area (Å²) < 4.78 is 1.76. The van der Waals surface area contributed by atoms with Gasteiger partial charge in [-0.3, -0.25) is 14.3 Å².